The monoisotopic (exact) mass is 406 g/mol. The molecule has 0 spiro atoms. The summed E-state index contributed by atoms with van der Waals surface area (Å²) in [5, 5.41) is 15.5. The number of nitro groups is 1. The van der Waals surface area contributed by atoms with Crippen LogP contribution in [0.15, 0.2) is 47.8 Å². The van der Waals surface area contributed by atoms with E-state index in [0.29, 0.717) is 9.75 Å². The predicted molar refractivity (Wildman–Crippen MR) is 101 cm³/mol. The Morgan fingerprint density at radius 1 is 1.15 bits per heavy atom. The number of nitrogens with one attached hydrogen (secondary N) is 1. The molecule has 3 aromatic rings. The summed E-state index contributed by atoms with van der Waals surface area (Å²) in [6.07, 6.45) is 0. The predicted octanol–water partition coefficient (Wildman–Crippen LogP) is 4.53. The maximum absolute atomic E-state index is 12.3. The molecule has 6 nitrogen and oxygen atoms in total. The molecule has 1 aromatic carbocycles. The number of ketones is 1. The van der Waals surface area contributed by atoms with E-state index in [2.05, 4.69) is 5.32 Å². The van der Waals surface area contributed by atoms with E-state index in [0.717, 1.165) is 10.9 Å². The van der Waals surface area contributed by atoms with Gasteiger partial charge in [-0.15, -0.1) is 22.7 Å². The second-order valence-electron chi connectivity index (χ2n) is 5.18. The molecule has 0 aliphatic carbocycles. The highest BCUT2D eigenvalue weighted by atomic mass is 35.5. The van der Waals surface area contributed by atoms with Crippen molar-refractivity contribution in [2.75, 3.05) is 0 Å². The van der Waals surface area contributed by atoms with Gasteiger partial charge in [0.25, 0.3) is 11.6 Å². The van der Waals surface area contributed by atoms with E-state index in [-0.39, 0.29) is 28.6 Å². The minimum absolute atomic E-state index is 0.0345. The molecule has 0 saturated heterocycles. The number of nitrogens with zero attached hydrogens (tertiary/aromatic N) is 1. The number of benzene rings is 1. The van der Waals surface area contributed by atoms with Gasteiger partial charge in [-0.3, -0.25) is 19.7 Å². The van der Waals surface area contributed by atoms with Crippen LogP contribution in [0.3, 0.4) is 0 Å². The van der Waals surface area contributed by atoms with Crippen molar-refractivity contribution in [1.29, 1.82) is 0 Å². The molecule has 2 aromatic heterocycles. The number of halogens is 1. The van der Waals surface area contributed by atoms with Crippen LogP contribution in [0.2, 0.25) is 5.02 Å². The first kappa shape index (κ1) is 18.2. The van der Waals surface area contributed by atoms with Crippen LogP contribution in [0, 0.1) is 10.1 Å². The molecular weight excluding hydrogens is 396 g/mol. The van der Waals surface area contributed by atoms with Gasteiger partial charge < -0.3 is 5.32 Å². The topological polar surface area (TPSA) is 89.3 Å². The smallest absolute Gasteiger partial charge is 0.270 e. The largest absolute Gasteiger partial charge is 0.347 e. The van der Waals surface area contributed by atoms with Crippen LogP contribution in [-0.2, 0) is 6.54 Å². The maximum atomic E-state index is 12.3. The van der Waals surface area contributed by atoms with Gasteiger partial charge in [0.2, 0.25) is 5.78 Å². The Kier molecular flexibility index (Phi) is 5.46. The number of thiophene rings is 2. The van der Waals surface area contributed by atoms with E-state index >= 15 is 0 Å². The van der Waals surface area contributed by atoms with Crippen LogP contribution in [0.1, 0.15) is 29.8 Å². The summed E-state index contributed by atoms with van der Waals surface area (Å²) >= 11 is 8.62. The Labute approximate surface area is 161 Å². The summed E-state index contributed by atoms with van der Waals surface area (Å²) in [6, 6.07) is 10.7. The van der Waals surface area contributed by atoms with Crippen LogP contribution >= 0.6 is 34.3 Å². The van der Waals surface area contributed by atoms with E-state index < -0.39 is 10.8 Å². The first-order valence-corrected chi connectivity index (χ1v) is 9.42. The number of amides is 1. The molecule has 0 atom stereocenters. The molecule has 132 valence electrons. The molecular formula is C17H11ClN2O4S2. The molecule has 9 heteroatoms. The van der Waals surface area contributed by atoms with E-state index in [4.69, 9.17) is 11.6 Å². The molecule has 0 unspecified atom stereocenters. The molecule has 0 radical (unpaired) electrons. The third-order valence-corrected chi connectivity index (χ3v) is 5.74. The highest BCUT2D eigenvalue weighted by molar-refractivity contribution is 7.16. The number of hydrogen-bond donors (Lipinski definition) is 1. The molecule has 0 aliphatic heterocycles. The van der Waals surface area contributed by atoms with Crippen molar-refractivity contribution in [3.05, 3.63) is 83.2 Å². The van der Waals surface area contributed by atoms with Gasteiger partial charge in [-0.25, -0.2) is 0 Å². The summed E-state index contributed by atoms with van der Waals surface area (Å²) in [7, 11) is 0. The van der Waals surface area contributed by atoms with E-state index in [1.54, 1.807) is 18.2 Å². The van der Waals surface area contributed by atoms with Gasteiger partial charge in [0.15, 0.2) is 0 Å². The van der Waals surface area contributed by atoms with Gasteiger partial charge in [0, 0.05) is 17.0 Å². The minimum atomic E-state index is -0.588. The van der Waals surface area contributed by atoms with Crippen molar-refractivity contribution in [2.45, 2.75) is 6.54 Å². The van der Waals surface area contributed by atoms with E-state index in [1.165, 1.54) is 34.8 Å². The number of carbonyl (C=O) groups excluding carboxylic acids is 2. The van der Waals surface area contributed by atoms with Gasteiger partial charge in [-0.1, -0.05) is 17.7 Å². The van der Waals surface area contributed by atoms with Crippen LogP contribution in [-0.4, -0.2) is 16.6 Å². The van der Waals surface area contributed by atoms with Crippen molar-refractivity contribution >= 4 is 51.7 Å². The molecule has 1 N–H and O–H groups in total. The van der Waals surface area contributed by atoms with Crippen molar-refractivity contribution in [3.8, 4) is 0 Å². The zero-order valence-electron chi connectivity index (χ0n) is 13.1. The lowest BCUT2D eigenvalue weighted by molar-refractivity contribution is -0.384. The lowest BCUT2D eigenvalue weighted by atomic mass is 10.2. The normalized spacial score (nSPS) is 10.5. The van der Waals surface area contributed by atoms with E-state index in [1.807, 2.05) is 11.4 Å². The Morgan fingerprint density at radius 3 is 2.65 bits per heavy atom. The fraction of sp³-hybridized carbons (Fsp3) is 0.0588. The standard InChI is InChI=1S/C17H11ClN2O4S2/c18-13-5-3-10(20(23)24)8-12(13)17(22)19-9-11-4-6-15(26-11)16(21)14-2-1-7-25-14/h1-8H,9H2,(H,19,22). The molecule has 0 bridgehead atoms. The summed E-state index contributed by atoms with van der Waals surface area (Å²) < 4.78 is 0. The summed E-state index contributed by atoms with van der Waals surface area (Å²) in [5.41, 5.74) is -0.174. The Bertz CT molecular complexity index is 983. The second kappa shape index (κ2) is 7.77. The van der Waals surface area contributed by atoms with Crippen LogP contribution < -0.4 is 5.32 Å². The highest BCUT2D eigenvalue weighted by Crippen LogP contribution is 2.24. The van der Waals surface area contributed by atoms with Gasteiger partial charge >= 0.3 is 0 Å². The average Bonchev–Trinajstić information content (AvgIpc) is 3.31. The maximum Gasteiger partial charge on any atom is 0.270 e. The fourth-order valence-electron chi connectivity index (χ4n) is 2.19. The lowest BCUT2D eigenvalue weighted by Crippen LogP contribution is -2.22. The minimum Gasteiger partial charge on any atom is -0.347 e. The zero-order chi connectivity index (χ0) is 18.7. The number of non-ortho nitro benzene ring substituents is 1. The zero-order valence-corrected chi connectivity index (χ0v) is 15.5. The average molecular weight is 407 g/mol. The van der Waals surface area contributed by atoms with Crippen molar-refractivity contribution in [3.63, 3.8) is 0 Å². The Hall–Kier alpha value is -2.55. The van der Waals surface area contributed by atoms with Gasteiger partial charge in [0.05, 0.1) is 31.8 Å². The Balaban J connectivity index is 1.68. The lowest BCUT2D eigenvalue weighted by Gasteiger charge is -2.05. The second-order valence-corrected chi connectivity index (χ2v) is 7.70. The van der Waals surface area contributed by atoms with Gasteiger partial charge in [-0.05, 0) is 29.6 Å². The highest BCUT2D eigenvalue weighted by Gasteiger charge is 2.17. The number of hydrogen-bond acceptors (Lipinski definition) is 6. The first-order chi connectivity index (χ1) is 12.5. The quantitative estimate of drug-likeness (QED) is 0.370. The third-order valence-electron chi connectivity index (χ3n) is 3.46. The van der Waals surface area contributed by atoms with Crippen LogP contribution in [0.25, 0.3) is 0 Å². The molecule has 2 heterocycles. The molecule has 3 rings (SSSR count). The number of nitro benzene ring substituents is 1. The van der Waals surface area contributed by atoms with Crippen molar-refractivity contribution < 1.29 is 14.5 Å². The molecule has 0 fully saturated rings. The number of carbonyl (C=O) groups is 2. The van der Waals surface area contributed by atoms with Crippen molar-refractivity contribution in [2.24, 2.45) is 0 Å². The molecule has 26 heavy (non-hydrogen) atoms. The summed E-state index contributed by atoms with van der Waals surface area (Å²) in [5.74, 6) is -0.567. The molecule has 0 aliphatic rings. The van der Waals surface area contributed by atoms with Crippen molar-refractivity contribution in [1.82, 2.24) is 5.32 Å². The molecule has 0 saturated carbocycles. The Morgan fingerprint density at radius 2 is 1.96 bits per heavy atom. The summed E-state index contributed by atoms with van der Waals surface area (Å²) in [4.78, 5) is 36.8. The SMILES string of the molecule is O=C(c1cccs1)c1ccc(CNC(=O)c2cc([N+](=O)[O-])ccc2Cl)s1. The van der Waals surface area contributed by atoms with Gasteiger partial charge in [-0.2, -0.15) is 0 Å². The van der Waals surface area contributed by atoms with Crippen LogP contribution in [0.4, 0.5) is 5.69 Å². The van der Waals surface area contributed by atoms with Crippen LogP contribution in [0.5, 0.6) is 0 Å². The van der Waals surface area contributed by atoms with E-state index in [9.17, 15) is 19.7 Å². The fourth-order valence-corrected chi connectivity index (χ4v) is 4.04. The molecule has 1 amide bonds. The first-order valence-electron chi connectivity index (χ1n) is 7.35. The number of rotatable bonds is 6. The summed E-state index contributed by atoms with van der Waals surface area (Å²) in [6.45, 7) is 0.195. The van der Waals surface area contributed by atoms with Gasteiger partial charge in [0.1, 0.15) is 0 Å². The third kappa shape index (κ3) is 3.98.